The van der Waals surface area contributed by atoms with Crippen LogP contribution in [0, 0.1) is 5.92 Å². The van der Waals surface area contributed by atoms with E-state index in [0.29, 0.717) is 22.6 Å². The monoisotopic (exact) mass is 398 g/mol. The third-order valence-corrected chi connectivity index (χ3v) is 5.63. The highest BCUT2D eigenvalue weighted by Crippen LogP contribution is 2.33. The van der Waals surface area contributed by atoms with Gasteiger partial charge < -0.3 is 10.5 Å². The molecule has 0 heterocycles. The fourth-order valence-electron chi connectivity index (χ4n) is 1.92. The molecule has 21 heavy (non-hydrogen) atoms. The standard InChI is InChI=1S/C13H20BrClN2O3S/c1-8(2)4-9(7-16)17-21(18,19)13-6-11(15)12(20-3)5-10(13)14/h5-6,8-9,17H,4,7,16H2,1-3H3/t9-/m1/s1. The van der Waals surface area contributed by atoms with Crippen LogP contribution in [0.25, 0.3) is 0 Å². The van der Waals surface area contributed by atoms with E-state index in [9.17, 15) is 8.42 Å². The van der Waals surface area contributed by atoms with Crippen LogP contribution in [-0.2, 0) is 10.0 Å². The van der Waals surface area contributed by atoms with Crippen molar-refractivity contribution < 1.29 is 13.2 Å². The molecule has 5 nitrogen and oxygen atoms in total. The van der Waals surface area contributed by atoms with Crippen LogP contribution in [-0.4, -0.2) is 28.1 Å². The summed E-state index contributed by atoms with van der Waals surface area (Å²) in [6.07, 6.45) is 0.664. The van der Waals surface area contributed by atoms with Gasteiger partial charge in [0.25, 0.3) is 0 Å². The molecule has 0 aliphatic heterocycles. The van der Waals surface area contributed by atoms with Gasteiger partial charge in [0.05, 0.1) is 17.0 Å². The zero-order chi connectivity index (χ0) is 16.2. The van der Waals surface area contributed by atoms with E-state index in [4.69, 9.17) is 22.1 Å². The van der Waals surface area contributed by atoms with Crippen molar-refractivity contribution in [1.29, 1.82) is 0 Å². The summed E-state index contributed by atoms with van der Waals surface area (Å²) in [5, 5.41) is 0.231. The van der Waals surface area contributed by atoms with E-state index in [1.54, 1.807) is 0 Å². The summed E-state index contributed by atoms with van der Waals surface area (Å²) in [6, 6.07) is 2.56. The summed E-state index contributed by atoms with van der Waals surface area (Å²) < 4.78 is 33.0. The first-order chi connectivity index (χ1) is 9.71. The number of sulfonamides is 1. The highest BCUT2D eigenvalue weighted by atomic mass is 79.9. The Bertz CT molecular complexity index is 593. The number of methoxy groups -OCH3 is 1. The van der Waals surface area contributed by atoms with Crippen molar-refractivity contribution >= 4 is 37.6 Å². The zero-order valence-electron chi connectivity index (χ0n) is 12.2. The van der Waals surface area contributed by atoms with Gasteiger partial charge in [-0.25, -0.2) is 13.1 Å². The smallest absolute Gasteiger partial charge is 0.242 e. The van der Waals surface area contributed by atoms with Gasteiger partial charge in [0.15, 0.2) is 0 Å². The molecule has 0 aromatic heterocycles. The van der Waals surface area contributed by atoms with Crippen LogP contribution in [0.3, 0.4) is 0 Å². The Balaban J connectivity index is 3.10. The van der Waals surface area contributed by atoms with Crippen LogP contribution in [0.5, 0.6) is 5.75 Å². The lowest BCUT2D eigenvalue weighted by atomic mass is 10.1. The Kier molecular flexibility index (Phi) is 6.93. The van der Waals surface area contributed by atoms with Gasteiger partial charge in [0.2, 0.25) is 10.0 Å². The van der Waals surface area contributed by atoms with Gasteiger partial charge in [0.1, 0.15) is 5.75 Å². The Morgan fingerprint density at radius 1 is 1.43 bits per heavy atom. The van der Waals surface area contributed by atoms with Crippen molar-refractivity contribution in [2.24, 2.45) is 11.7 Å². The predicted molar refractivity (Wildman–Crippen MR) is 88.3 cm³/mol. The zero-order valence-corrected chi connectivity index (χ0v) is 15.3. The van der Waals surface area contributed by atoms with E-state index < -0.39 is 10.0 Å². The van der Waals surface area contributed by atoms with Gasteiger partial charge in [-0.15, -0.1) is 0 Å². The van der Waals surface area contributed by atoms with Crippen LogP contribution < -0.4 is 15.2 Å². The third-order valence-electron chi connectivity index (χ3n) is 2.86. The molecule has 3 N–H and O–H groups in total. The first-order valence-corrected chi connectivity index (χ1v) is 9.12. The number of halogens is 2. The summed E-state index contributed by atoms with van der Waals surface area (Å²) in [4.78, 5) is 0.0653. The van der Waals surface area contributed by atoms with Crippen LogP contribution in [0.4, 0.5) is 0 Å². The molecule has 0 fully saturated rings. The molecular formula is C13H20BrClN2O3S. The second kappa shape index (κ2) is 7.78. The Hall–Kier alpha value is -0.340. The number of hydrogen-bond donors (Lipinski definition) is 2. The minimum absolute atomic E-state index is 0.0653. The summed E-state index contributed by atoms with van der Waals surface area (Å²) >= 11 is 9.23. The highest BCUT2D eigenvalue weighted by Gasteiger charge is 2.23. The van der Waals surface area contributed by atoms with Crippen molar-refractivity contribution in [3.8, 4) is 5.75 Å². The summed E-state index contributed by atoms with van der Waals surface area (Å²) in [7, 11) is -2.25. The molecule has 0 aliphatic rings. The molecule has 0 bridgehead atoms. The summed E-state index contributed by atoms with van der Waals surface area (Å²) in [5.41, 5.74) is 5.64. The van der Waals surface area contributed by atoms with E-state index in [-0.39, 0.29) is 22.5 Å². The van der Waals surface area contributed by atoms with Gasteiger partial charge in [-0.05, 0) is 40.4 Å². The van der Waals surface area contributed by atoms with E-state index >= 15 is 0 Å². The molecule has 0 saturated carbocycles. The van der Waals surface area contributed by atoms with Crippen molar-refractivity contribution in [2.45, 2.75) is 31.2 Å². The quantitative estimate of drug-likeness (QED) is 0.738. The molecule has 0 saturated heterocycles. The fourth-order valence-corrected chi connectivity index (χ4v) is 4.53. The summed E-state index contributed by atoms with van der Waals surface area (Å²) in [5.74, 6) is 0.740. The second-order valence-corrected chi connectivity index (χ2v) is 8.04. The van der Waals surface area contributed by atoms with E-state index in [2.05, 4.69) is 20.7 Å². The average molecular weight is 400 g/mol. The van der Waals surface area contributed by atoms with E-state index in [1.807, 2.05) is 13.8 Å². The first kappa shape index (κ1) is 18.7. The maximum Gasteiger partial charge on any atom is 0.242 e. The molecule has 0 amide bonds. The predicted octanol–water partition coefficient (Wildman–Crippen LogP) is 2.76. The lowest BCUT2D eigenvalue weighted by Crippen LogP contribution is -2.41. The molecule has 120 valence electrons. The van der Waals surface area contributed by atoms with Crippen LogP contribution in [0.15, 0.2) is 21.5 Å². The molecule has 0 spiro atoms. The topological polar surface area (TPSA) is 81.4 Å². The van der Waals surface area contributed by atoms with E-state index in [0.717, 1.165) is 0 Å². The molecule has 1 aromatic rings. The van der Waals surface area contributed by atoms with Crippen molar-refractivity contribution in [1.82, 2.24) is 4.72 Å². The Morgan fingerprint density at radius 2 is 2.05 bits per heavy atom. The lowest BCUT2D eigenvalue weighted by molar-refractivity contribution is 0.414. The maximum atomic E-state index is 12.5. The van der Waals surface area contributed by atoms with Crippen molar-refractivity contribution in [2.75, 3.05) is 13.7 Å². The van der Waals surface area contributed by atoms with Crippen molar-refractivity contribution in [3.05, 3.63) is 21.6 Å². The van der Waals surface area contributed by atoms with Gasteiger partial charge >= 0.3 is 0 Å². The SMILES string of the molecule is COc1cc(Br)c(S(=O)(=O)N[C@@H](CN)CC(C)C)cc1Cl. The number of nitrogens with two attached hydrogens (primary N) is 1. The number of rotatable bonds is 7. The van der Waals surface area contributed by atoms with Crippen LogP contribution in [0.1, 0.15) is 20.3 Å². The lowest BCUT2D eigenvalue weighted by Gasteiger charge is -2.19. The molecule has 1 rings (SSSR count). The first-order valence-electron chi connectivity index (χ1n) is 6.46. The molecule has 0 unspecified atom stereocenters. The molecule has 8 heteroatoms. The van der Waals surface area contributed by atoms with Gasteiger partial charge in [0, 0.05) is 17.1 Å². The Labute approximate surface area is 139 Å². The molecule has 1 atom stereocenters. The van der Waals surface area contributed by atoms with Crippen molar-refractivity contribution in [3.63, 3.8) is 0 Å². The normalized spacial score (nSPS) is 13.5. The molecule has 1 aromatic carbocycles. The summed E-state index contributed by atoms with van der Waals surface area (Å²) in [6.45, 7) is 4.26. The van der Waals surface area contributed by atoms with Gasteiger partial charge in [-0.1, -0.05) is 25.4 Å². The number of nitrogens with one attached hydrogen (secondary N) is 1. The minimum Gasteiger partial charge on any atom is -0.495 e. The highest BCUT2D eigenvalue weighted by molar-refractivity contribution is 9.10. The fraction of sp³-hybridized carbons (Fsp3) is 0.538. The molecule has 0 radical (unpaired) electrons. The maximum absolute atomic E-state index is 12.5. The van der Waals surface area contributed by atoms with E-state index in [1.165, 1.54) is 19.2 Å². The van der Waals surface area contributed by atoms with Gasteiger partial charge in [-0.3, -0.25) is 0 Å². The minimum atomic E-state index is -3.71. The Morgan fingerprint density at radius 3 is 2.52 bits per heavy atom. The molecule has 0 aliphatic carbocycles. The van der Waals surface area contributed by atoms with Crippen LogP contribution in [0.2, 0.25) is 5.02 Å². The van der Waals surface area contributed by atoms with Crippen LogP contribution >= 0.6 is 27.5 Å². The van der Waals surface area contributed by atoms with Gasteiger partial charge in [-0.2, -0.15) is 0 Å². The molecular weight excluding hydrogens is 380 g/mol. The number of ether oxygens (including phenoxy) is 1. The second-order valence-electron chi connectivity index (χ2n) is 5.10. The average Bonchev–Trinajstić information content (AvgIpc) is 2.39. The number of hydrogen-bond acceptors (Lipinski definition) is 4. The third kappa shape index (κ3) is 5.10. The number of benzene rings is 1. The largest absolute Gasteiger partial charge is 0.495 e.